The Morgan fingerprint density at radius 3 is 2.57 bits per heavy atom. The van der Waals surface area contributed by atoms with E-state index in [1.165, 1.54) is 17.3 Å². The summed E-state index contributed by atoms with van der Waals surface area (Å²) in [4.78, 5) is 0. The smallest absolute Gasteiger partial charge is 0.141 e. The molecule has 0 aliphatic rings. The molecule has 0 fully saturated rings. The maximum absolute atomic E-state index is 13.2. The number of nitrogens with one attached hydrogen (secondary N) is 1. The normalized spacial score (nSPS) is 12.7. The zero-order chi connectivity index (χ0) is 15.6. The van der Waals surface area contributed by atoms with E-state index in [1.807, 2.05) is 25.7 Å². The van der Waals surface area contributed by atoms with Crippen LogP contribution < -0.4 is 5.32 Å². The molecule has 0 spiro atoms. The summed E-state index contributed by atoms with van der Waals surface area (Å²) < 4.78 is 15.1. The lowest BCUT2D eigenvalue weighted by molar-refractivity contribution is 0.552. The van der Waals surface area contributed by atoms with Crippen LogP contribution in [0.5, 0.6) is 0 Å². The molecule has 1 heterocycles. The number of hydrogen-bond donors (Lipinski definition) is 1. The molecule has 3 nitrogen and oxygen atoms in total. The first-order chi connectivity index (χ1) is 9.92. The first-order valence-electron chi connectivity index (χ1n) is 7.02. The van der Waals surface area contributed by atoms with Gasteiger partial charge in [0.25, 0.3) is 0 Å². The summed E-state index contributed by atoms with van der Waals surface area (Å²) >= 11 is 5.85. The Kier molecular flexibility index (Phi) is 5.01. The van der Waals surface area contributed by atoms with Gasteiger partial charge in [0, 0.05) is 18.8 Å². The predicted octanol–water partition coefficient (Wildman–Crippen LogP) is 3.20. The molecule has 2 aromatic rings. The summed E-state index contributed by atoms with van der Waals surface area (Å²) in [5.41, 5.74) is 4.54. The van der Waals surface area contributed by atoms with Crippen molar-refractivity contribution in [3.8, 4) is 0 Å². The molecule has 0 aliphatic heterocycles. The molecule has 114 valence electrons. The van der Waals surface area contributed by atoms with Gasteiger partial charge in [-0.1, -0.05) is 17.7 Å². The van der Waals surface area contributed by atoms with Crippen molar-refractivity contribution in [3.05, 3.63) is 51.6 Å². The van der Waals surface area contributed by atoms with Crippen molar-refractivity contribution in [1.82, 2.24) is 15.1 Å². The SMILES string of the molecule is CNC(Cc1ccc(F)c(Cl)c1)Cc1c(C)nn(C)c1C. The highest BCUT2D eigenvalue weighted by Gasteiger charge is 2.16. The van der Waals surface area contributed by atoms with E-state index in [4.69, 9.17) is 11.6 Å². The zero-order valence-corrected chi connectivity index (χ0v) is 13.6. The molecule has 0 amide bonds. The highest BCUT2D eigenvalue weighted by molar-refractivity contribution is 6.30. The highest BCUT2D eigenvalue weighted by atomic mass is 35.5. The van der Waals surface area contributed by atoms with Gasteiger partial charge in [-0.05, 0) is 57.0 Å². The first kappa shape index (κ1) is 16.0. The molecule has 5 heteroatoms. The van der Waals surface area contributed by atoms with Gasteiger partial charge in [-0.3, -0.25) is 4.68 Å². The van der Waals surface area contributed by atoms with Crippen molar-refractivity contribution in [2.75, 3.05) is 7.05 Å². The van der Waals surface area contributed by atoms with E-state index in [0.29, 0.717) is 0 Å². The Morgan fingerprint density at radius 2 is 2.05 bits per heavy atom. The minimum absolute atomic E-state index is 0.177. The van der Waals surface area contributed by atoms with E-state index in [-0.39, 0.29) is 16.9 Å². The average molecular weight is 310 g/mol. The first-order valence-corrected chi connectivity index (χ1v) is 7.40. The van der Waals surface area contributed by atoms with E-state index >= 15 is 0 Å². The lowest BCUT2D eigenvalue weighted by Gasteiger charge is -2.17. The Morgan fingerprint density at radius 1 is 1.33 bits per heavy atom. The van der Waals surface area contributed by atoms with Crippen LogP contribution in [0.2, 0.25) is 5.02 Å². The number of rotatable bonds is 5. The van der Waals surface area contributed by atoms with Crippen LogP contribution in [0.3, 0.4) is 0 Å². The molecule has 1 N–H and O–H groups in total. The van der Waals surface area contributed by atoms with Crippen molar-refractivity contribution in [2.24, 2.45) is 7.05 Å². The summed E-state index contributed by atoms with van der Waals surface area (Å²) in [7, 11) is 3.90. The molecule has 1 aromatic heterocycles. The van der Waals surface area contributed by atoms with Crippen molar-refractivity contribution in [1.29, 1.82) is 0 Å². The quantitative estimate of drug-likeness (QED) is 0.919. The van der Waals surface area contributed by atoms with Crippen LogP contribution in [0.1, 0.15) is 22.5 Å². The third-order valence-electron chi connectivity index (χ3n) is 3.98. The highest BCUT2D eigenvalue weighted by Crippen LogP contribution is 2.19. The minimum atomic E-state index is -0.375. The van der Waals surface area contributed by atoms with E-state index in [0.717, 1.165) is 24.1 Å². The fraction of sp³-hybridized carbons (Fsp3) is 0.438. The molecule has 1 unspecified atom stereocenters. The van der Waals surface area contributed by atoms with Crippen molar-refractivity contribution < 1.29 is 4.39 Å². The van der Waals surface area contributed by atoms with Gasteiger partial charge in [0.1, 0.15) is 5.82 Å². The second-order valence-electron chi connectivity index (χ2n) is 5.42. The van der Waals surface area contributed by atoms with Gasteiger partial charge < -0.3 is 5.32 Å². The fourth-order valence-corrected chi connectivity index (χ4v) is 2.79. The summed E-state index contributed by atoms with van der Waals surface area (Å²) in [5.74, 6) is -0.375. The standard InChI is InChI=1S/C16H21ClFN3/c1-10-14(11(2)21(4)20-10)9-13(19-3)7-12-5-6-16(18)15(17)8-12/h5-6,8,13,19H,7,9H2,1-4H3. The fourth-order valence-electron chi connectivity index (χ4n) is 2.59. The number of aromatic nitrogens is 2. The maximum atomic E-state index is 13.2. The molecule has 2 rings (SSSR count). The van der Waals surface area contributed by atoms with E-state index < -0.39 is 0 Å². The predicted molar refractivity (Wildman–Crippen MR) is 84.3 cm³/mol. The Hall–Kier alpha value is -1.39. The van der Waals surface area contributed by atoms with Gasteiger partial charge in [0.2, 0.25) is 0 Å². The van der Waals surface area contributed by atoms with Crippen LogP contribution in [0.15, 0.2) is 18.2 Å². The van der Waals surface area contributed by atoms with Crippen LogP contribution in [0.25, 0.3) is 0 Å². The van der Waals surface area contributed by atoms with Gasteiger partial charge in [-0.25, -0.2) is 4.39 Å². The number of likely N-dealkylation sites (N-methyl/N-ethyl adjacent to an activating group) is 1. The molecule has 0 saturated carbocycles. The minimum Gasteiger partial charge on any atom is -0.316 e. The number of hydrogen-bond acceptors (Lipinski definition) is 2. The van der Waals surface area contributed by atoms with Gasteiger partial charge in [-0.2, -0.15) is 5.10 Å². The monoisotopic (exact) mass is 309 g/mol. The van der Waals surface area contributed by atoms with E-state index in [9.17, 15) is 4.39 Å². The summed E-state index contributed by atoms with van der Waals surface area (Å²) in [6.07, 6.45) is 1.68. The van der Waals surface area contributed by atoms with Crippen LogP contribution in [-0.4, -0.2) is 22.9 Å². The summed E-state index contributed by atoms with van der Waals surface area (Å²) in [6.45, 7) is 4.11. The van der Waals surface area contributed by atoms with E-state index in [2.05, 4.69) is 17.3 Å². The maximum Gasteiger partial charge on any atom is 0.141 e. The molecule has 0 saturated heterocycles. The molecule has 1 atom stereocenters. The molecule has 0 aliphatic carbocycles. The van der Waals surface area contributed by atoms with Gasteiger partial charge >= 0.3 is 0 Å². The number of aryl methyl sites for hydroxylation is 2. The molecule has 21 heavy (non-hydrogen) atoms. The van der Waals surface area contributed by atoms with Gasteiger partial charge in [0.05, 0.1) is 10.7 Å². The van der Waals surface area contributed by atoms with Crippen LogP contribution in [-0.2, 0) is 19.9 Å². The molecule has 0 bridgehead atoms. The van der Waals surface area contributed by atoms with Crippen molar-refractivity contribution >= 4 is 11.6 Å². The van der Waals surface area contributed by atoms with E-state index in [1.54, 1.807) is 12.1 Å². The number of halogens is 2. The van der Waals surface area contributed by atoms with Crippen molar-refractivity contribution in [2.45, 2.75) is 32.7 Å². The lowest BCUT2D eigenvalue weighted by Crippen LogP contribution is -2.30. The van der Waals surface area contributed by atoms with Crippen LogP contribution >= 0.6 is 11.6 Å². The Labute approximate surface area is 130 Å². The van der Waals surface area contributed by atoms with Gasteiger partial charge in [0.15, 0.2) is 0 Å². The second-order valence-corrected chi connectivity index (χ2v) is 5.82. The molecule has 0 radical (unpaired) electrons. The largest absolute Gasteiger partial charge is 0.316 e. The topological polar surface area (TPSA) is 29.9 Å². The third-order valence-corrected chi connectivity index (χ3v) is 4.27. The molecular formula is C16H21ClFN3. The summed E-state index contributed by atoms with van der Waals surface area (Å²) in [5, 5.41) is 7.95. The van der Waals surface area contributed by atoms with Crippen LogP contribution in [0, 0.1) is 19.7 Å². The Bertz CT molecular complexity index is 637. The van der Waals surface area contributed by atoms with Crippen molar-refractivity contribution in [3.63, 3.8) is 0 Å². The van der Waals surface area contributed by atoms with Crippen LogP contribution in [0.4, 0.5) is 4.39 Å². The summed E-state index contributed by atoms with van der Waals surface area (Å²) in [6, 6.07) is 5.16. The lowest BCUT2D eigenvalue weighted by atomic mass is 9.98. The zero-order valence-electron chi connectivity index (χ0n) is 12.9. The molecular weight excluding hydrogens is 289 g/mol. The Balaban J connectivity index is 2.14. The molecule has 1 aromatic carbocycles. The van der Waals surface area contributed by atoms with Gasteiger partial charge in [-0.15, -0.1) is 0 Å². The average Bonchev–Trinajstić information content (AvgIpc) is 2.68. The second kappa shape index (κ2) is 6.58. The number of nitrogens with zero attached hydrogens (tertiary/aromatic N) is 2. The number of benzene rings is 1. The third kappa shape index (κ3) is 3.63.